The van der Waals surface area contributed by atoms with Gasteiger partial charge in [0.05, 0.1) is 21.3 Å². The Hall–Kier alpha value is -3.41. The largest absolute Gasteiger partial charge is 0.493 e. The second-order valence-corrected chi connectivity index (χ2v) is 6.44. The predicted octanol–water partition coefficient (Wildman–Crippen LogP) is 4.22. The molecular weight excluding hydrogens is 370 g/mol. The summed E-state index contributed by atoms with van der Waals surface area (Å²) < 4.78 is 21.7. The predicted molar refractivity (Wildman–Crippen MR) is 113 cm³/mol. The van der Waals surface area contributed by atoms with Crippen molar-refractivity contribution in [2.24, 2.45) is 0 Å². The number of aryl methyl sites for hydroxylation is 1. The van der Waals surface area contributed by atoms with Crippen molar-refractivity contribution in [2.45, 2.75) is 12.8 Å². The molecule has 6 nitrogen and oxygen atoms in total. The van der Waals surface area contributed by atoms with Gasteiger partial charge in [-0.05, 0) is 42.3 Å². The van der Waals surface area contributed by atoms with Gasteiger partial charge in [0.15, 0.2) is 11.5 Å². The van der Waals surface area contributed by atoms with Crippen LogP contribution in [0.5, 0.6) is 17.2 Å². The molecule has 29 heavy (non-hydrogen) atoms. The van der Waals surface area contributed by atoms with Gasteiger partial charge in [-0.1, -0.05) is 18.2 Å². The van der Waals surface area contributed by atoms with E-state index < -0.39 is 0 Å². The molecule has 3 aromatic rings. The maximum atomic E-state index is 12.1. The highest BCUT2D eigenvalue weighted by Crippen LogP contribution is 2.38. The van der Waals surface area contributed by atoms with E-state index in [1.54, 1.807) is 39.5 Å². The number of hydrogen-bond donors (Lipinski definition) is 1. The summed E-state index contributed by atoms with van der Waals surface area (Å²) in [5.41, 5.74) is 1.66. The average Bonchev–Trinajstić information content (AvgIpc) is 3.17. The molecule has 0 radical (unpaired) electrons. The van der Waals surface area contributed by atoms with Crippen LogP contribution in [0.25, 0.3) is 17.0 Å². The third kappa shape index (κ3) is 5.10. The Morgan fingerprint density at radius 3 is 2.41 bits per heavy atom. The number of benzene rings is 2. The number of amides is 1. The first kappa shape index (κ1) is 20.3. The van der Waals surface area contributed by atoms with Crippen LogP contribution in [0.3, 0.4) is 0 Å². The Kier molecular flexibility index (Phi) is 6.79. The lowest BCUT2D eigenvalue weighted by atomic mass is 10.1. The Morgan fingerprint density at radius 1 is 1.03 bits per heavy atom. The van der Waals surface area contributed by atoms with Crippen LogP contribution in [0.1, 0.15) is 17.7 Å². The molecule has 2 aromatic carbocycles. The lowest BCUT2D eigenvalue weighted by Crippen LogP contribution is -2.22. The summed E-state index contributed by atoms with van der Waals surface area (Å²) in [4.78, 5) is 12.1. The number of fused-ring (bicyclic) bond motifs is 1. The zero-order valence-corrected chi connectivity index (χ0v) is 16.9. The molecule has 1 amide bonds. The van der Waals surface area contributed by atoms with Gasteiger partial charge in [0, 0.05) is 24.4 Å². The number of carbonyl (C=O) groups excluding carboxylic acids is 1. The highest BCUT2D eigenvalue weighted by molar-refractivity contribution is 5.91. The molecule has 1 aromatic heterocycles. The van der Waals surface area contributed by atoms with E-state index in [4.69, 9.17) is 18.6 Å². The molecule has 152 valence electrons. The first-order valence-corrected chi connectivity index (χ1v) is 9.38. The Balaban J connectivity index is 1.51. The summed E-state index contributed by atoms with van der Waals surface area (Å²) in [6.45, 7) is 0.565. The van der Waals surface area contributed by atoms with E-state index in [0.29, 0.717) is 23.8 Å². The molecule has 0 atom stereocenters. The molecule has 0 saturated heterocycles. The van der Waals surface area contributed by atoms with Crippen LogP contribution in [0.15, 0.2) is 53.0 Å². The quantitative estimate of drug-likeness (QED) is 0.434. The van der Waals surface area contributed by atoms with E-state index in [0.717, 1.165) is 35.1 Å². The van der Waals surface area contributed by atoms with Crippen LogP contribution in [0, 0.1) is 0 Å². The minimum absolute atomic E-state index is 0.164. The molecule has 0 fully saturated rings. The van der Waals surface area contributed by atoms with Gasteiger partial charge in [-0.15, -0.1) is 0 Å². The maximum absolute atomic E-state index is 12.1. The van der Waals surface area contributed by atoms with Crippen molar-refractivity contribution in [3.63, 3.8) is 0 Å². The van der Waals surface area contributed by atoms with Crippen LogP contribution in [-0.4, -0.2) is 33.8 Å². The zero-order valence-electron chi connectivity index (χ0n) is 16.9. The minimum atomic E-state index is -0.164. The van der Waals surface area contributed by atoms with Gasteiger partial charge >= 0.3 is 0 Å². The van der Waals surface area contributed by atoms with Crippen molar-refractivity contribution in [3.05, 3.63) is 59.9 Å². The smallest absolute Gasteiger partial charge is 0.243 e. The van der Waals surface area contributed by atoms with Gasteiger partial charge in [-0.3, -0.25) is 4.79 Å². The first-order chi connectivity index (χ1) is 14.1. The maximum Gasteiger partial charge on any atom is 0.243 e. The summed E-state index contributed by atoms with van der Waals surface area (Å²) in [5.74, 6) is 2.36. The van der Waals surface area contributed by atoms with Gasteiger partial charge in [-0.2, -0.15) is 0 Å². The monoisotopic (exact) mass is 395 g/mol. The summed E-state index contributed by atoms with van der Waals surface area (Å²) in [5, 5.41) is 3.98. The van der Waals surface area contributed by atoms with Crippen molar-refractivity contribution >= 4 is 23.0 Å². The number of para-hydroxylation sites is 1. The van der Waals surface area contributed by atoms with Crippen molar-refractivity contribution in [1.82, 2.24) is 5.32 Å². The number of ether oxygens (including phenoxy) is 3. The molecule has 1 heterocycles. The normalized spacial score (nSPS) is 11.0. The van der Waals surface area contributed by atoms with Gasteiger partial charge in [-0.25, -0.2) is 0 Å². The summed E-state index contributed by atoms with van der Waals surface area (Å²) in [6.07, 6.45) is 4.76. The van der Waals surface area contributed by atoms with E-state index in [1.165, 1.54) is 6.08 Å². The van der Waals surface area contributed by atoms with Crippen molar-refractivity contribution in [3.8, 4) is 17.2 Å². The third-order valence-corrected chi connectivity index (χ3v) is 4.49. The van der Waals surface area contributed by atoms with E-state index in [2.05, 4.69) is 5.32 Å². The van der Waals surface area contributed by atoms with Gasteiger partial charge < -0.3 is 23.9 Å². The van der Waals surface area contributed by atoms with Gasteiger partial charge in [0.25, 0.3) is 0 Å². The number of furan rings is 1. The molecule has 0 saturated carbocycles. The van der Waals surface area contributed by atoms with Crippen molar-refractivity contribution < 1.29 is 23.4 Å². The molecule has 0 aliphatic carbocycles. The fourth-order valence-corrected chi connectivity index (χ4v) is 3.06. The fourth-order valence-electron chi connectivity index (χ4n) is 3.06. The third-order valence-electron chi connectivity index (χ3n) is 4.49. The van der Waals surface area contributed by atoms with Crippen molar-refractivity contribution in [2.75, 3.05) is 27.9 Å². The van der Waals surface area contributed by atoms with Crippen LogP contribution in [-0.2, 0) is 11.2 Å². The molecule has 6 heteroatoms. The number of rotatable bonds is 9. The van der Waals surface area contributed by atoms with E-state index in [9.17, 15) is 4.79 Å². The van der Waals surface area contributed by atoms with Crippen LogP contribution in [0.4, 0.5) is 0 Å². The number of nitrogens with one attached hydrogen (secondary N) is 1. The lowest BCUT2D eigenvalue weighted by molar-refractivity contribution is -0.116. The highest BCUT2D eigenvalue weighted by Gasteiger charge is 2.12. The molecule has 0 unspecified atom stereocenters. The first-order valence-electron chi connectivity index (χ1n) is 9.38. The SMILES string of the molecule is COc1cc(C=CC(=O)NCCCc2cc3ccccc3o2)cc(OC)c1OC. The van der Waals surface area contributed by atoms with Crippen LogP contribution < -0.4 is 19.5 Å². The minimum Gasteiger partial charge on any atom is -0.493 e. The number of methoxy groups -OCH3 is 3. The van der Waals surface area contributed by atoms with E-state index in [-0.39, 0.29) is 5.91 Å². The molecular formula is C23H25NO5. The average molecular weight is 395 g/mol. The Morgan fingerprint density at radius 2 is 1.76 bits per heavy atom. The van der Waals surface area contributed by atoms with Crippen LogP contribution >= 0.6 is 0 Å². The zero-order chi connectivity index (χ0) is 20.6. The van der Waals surface area contributed by atoms with Crippen LogP contribution in [0.2, 0.25) is 0 Å². The van der Waals surface area contributed by atoms with Gasteiger partial charge in [0.1, 0.15) is 11.3 Å². The van der Waals surface area contributed by atoms with E-state index in [1.807, 2.05) is 30.3 Å². The fraction of sp³-hybridized carbons (Fsp3) is 0.261. The standard InChI is InChI=1S/C23H25NO5/c1-26-20-13-16(14-21(27-2)23(20)28-3)10-11-22(25)24-12-6-8-18-15-17-7-4-5-9-19(17)29-18/h4-5,7,9-11,13-15H,6,8,12H2,1-3H3,(H,24,25). The van der Waals surface area contributed by atoms with Gasteiger partial charge in [0.2, 0.25) is 11.7 Å². The summed E-state index contributed by atoms with van der Waals surface area (Å²) >= 11 is 0. The molecule has 1 N–H and O–H groups in total. The lowest BCUT2D eigenvalue weighted by Gasteiger charge is -2.12. The van der Waals surface area contributed by atoms with Crippen molar-refractivity contribution in [1.29, 1.82) is 0 Å². The van der Waals surface area contributed by atoms with E-state index >= 15 is 0 Å². The molecule has 3 rings (SSSR count). The Labute approximate surface area is 170 Å². The number of hydrogen-bond acceptors (Lipinski definition) is 5. The molecule has 0 aliphatic heterocycles. The summed E-state index contributed by atoms with van der Waals surface area (Å²) in [7, 11) is 4.66. The second kappa shape index (κ2) is 9.68. The molecule has 0 bridgehead atoms. The number of carbonyl (C=O) groups is 1. The molecule has 0 aliphatic rings. The summed E-state index contributed by atoms with van der Waals surface area (Å²) in [6, 6.07) is 13.5. The Bertz CT molecular complexity index is 947. The molecule has 0 spiro atoms. The second-order valence-electron chi connectivity index (χ2n) is 6.44. The topological polar surface area (TPSA) is 69.9 Å². The highest BCUT2D eigenvalue weighted by atomic mass is 16.5.